The van der Waals surface area contributed by atoms with E-state index in [1.54, 1.807) is 30.3 Å². The summed E-state index contributed by atoms with van der Waals surface area (Å²) in [6.07, 6.45) is 0.0340. The second kappa shape index (κ2) is 8.65. The lowest BCUT2D eigenvalue weighted by Crippen LogP contribution is -2.37. The first-order valence-corrected chi connectivity index (χ1v) is 8.58. The van der Waals surface area contributed by atoms with Gasteiger partial charge in [0.2, 0.25) is 5.91 Å². The maximum Gasteiger partial charge on any atom is 0.270 e. The van der Waals surface area contributed by atoms with Gasteiger partial charge in [-0.25, -0.2) is 0 Å². The van der Waals surface area contributed by atoms with Crippen LogP contribution in [0.5, 0.6) is 0 Å². The van der Waals surface area contributed by atoms with Gasteiger partial charge in [-0.05, 0) is 52.3 Å². The Bertz CT molecular complexity index is 761. The van der Waals surface area contributed by atoms with E-state index in [1.165, 1.54) is 0 Å². The molecule has 2 rings (SSSR count). The summed E-state index contributed by atoms with van der Waals surface area (Å²) in [5, 5.41) is 2.75. The molecule has 0 spiro atoms. The quantitative estimate of drug-likeness (QED) is 0.580. The highest BCUT2D eigenvalue weighted by Crippen LogP contribution is 2.16. The Morgan fingerprint density at radius 3 is 2.29 bits per heavy atom. The van der Waals surface area contributed by atoms with Gasteiger partial charge in [0.1, 0.15) is 0 Å². The number of benzene rings is 2. The van der Waals surface area contributed by atoms with E-state index in [-0.39, 0.29) is 18.2 Å². The van der Waals surface area contributed by atoms with Crippen LogP contribution in [-0.4, -0.2) is 11.8 Å². The van der Waals surface area contributed by atoms with Crippen molar-refractivity contribution in [3.63, 3.8) is 0 Å². The summed E-state index contributed by atoms with van der Waals surface area (Å²) in [5.74, 6) is -0.554. The summed E-state index contributed by atoms with van der Waals surface area (Å²) in [4.78, 5) is 24.0. The lowest BCUT2D eigenvalue weighted by molar-refractivity contribution is -0.115. The Balaban J connectivity index is 1.80. The van der Waals surface area contributed by atoms with Gasteiger partial charge in [0.15, 0.2) is 0 Å². The van der Waals surface area contributed by atoms with Crippen LogP contribution in [0.15, 0.2) is 69.8 Å². The number of carbonyl (C=O) groups is 2. The average Bonchev–Trinajstić information content (AvgIpc) is 2.55. The Morgan fingerprint density at radius 2 is 1.62 bits per heavy atom. The minimum absolute atomic E-state index is 0.0340. The normalized spacial score (nSPS) is 9.92. The molecule has 0 heterocycles. The zero-order valence-electron chi connectivity index (χ0n) is 12.6. The maximum atomic E-state index is 12.0. The van der Waals surface area contributed by atoms with Gasteiger partial charge in [0, 0.05) is 20.3 Å². The number of anilines is 1. The number of hydrogen-bond donors (Lipinski definition) is 3. The van der Waals surface area contributed by atoms with E-state index < -0.39 is 0 Å². The van der Waals surface area contributed by atoms with Gasteiger partial charge < -0.3 is 10.7 Å². The number of hydrogen-bond acceptors (Lipinski definition) is 3. The van der Waals surface area contributed by atoms with Crippen LogP contribution in [0.4, 0.5) is 5.69 Å². The highest BCUT2D eigenvalue weighted by Gasteiger charge is 2.10. The smallest absolute Gasteiger partial charge is 0.270 e. The van der Waals surface area contributed by atoms with Crippen molar-refractivity contribution in [3.8, 4) is 0 Å². The van der Waals surface area contributed by atoms with Crippen LogP contribution >= 0.6 is 31.9 Å². The first-order valence-electron chi connectivity index (χ1n) is 7.00. The molecule has 0 aromatic heterocycles. The van der Waals surface area contributed by atoms with Crippen LogP contribution in [0.3, 0.4) is 0 Å². The van der Waals surface area contributed by atoms with Crippen LogP contribution in [0.25, 0.3) is 0 Å². The summed E-state index contributed by atoms with van der Waals surface area (Å²) >= 11 is 6.64. The largest absolute Gasteiger partial charge is 0.326 e. The molecule has 0 aliphatic rings. The second-order valence-electron chi connectivity index (χ2n) is 4.89. The van der Waals surface area contributed by atoms with Crippen molar-refractivity contribution in [3.05, 3.63) is 75.3 Å². The number of rotatable bonds is 6. The van der Waals surface area contributed by atoms with Crippen molar-refractivity contribution in [1.82, 2.24) is 10.9 Å². The summed E-state index contributed by atoms with van der Waals surface area (Å²) in [7, 11) is 0. The Hall–Kier alpha value is -2.12. The number of halogens is 2. The first kappa shape index (κ1) is 18.2. The molecular formula is C17H15Br2N3O2. The molecule has 2 aromatic rings. The van der Waals surface area contributed by atoms with E-state index in [1.807, 2.05) is 18.2 Å². The van der Waals surface area contributed by atoms with Crippen molar-refractivity contribution >= 4 is 49.4 Å². The van der Waals surface area contributed by atoms with Gasteiger partial charge in [0.05, 0.1) is 12.0 Å². The predicted molar refractivity (Wildman–Crippen MR) is 101 cm³/mol. The van der Waals surface area contributed by atoms with Crippen LogP contribution < -0.4 is 16.2 Å². The Labute approximate surface area is 156 Å². The van der Waals surface area contributed by atoms with Crippen molar-refractivity contribution in [2.24, 2.45) is 0 Å². The van der Waals surface area contributed by atoms with Crippen LogP contribution in [0.2, 0.25) is 0 Å². The van der Waals surface area contributed by atoms with Gasteiger partial charge in [0.25, 0.3) is 5.91 Å². The molecule has 0 saturated heterocycles. The molecule has 0 aliphatic heterocycles. The zero-order chi connectivity index (χ0) is 17.5. The van der Waals surface area contributed by atoms with Crippen LogP contribution in [-0.2, 0) is 4.79 Å². The molecular weight excluding hydrogens is 438 g/mol. The SMILES string of the molecule is C=C(CC(=O)Nc1ccc(Br)cc1)NNC(=O)c1ccccc1Br. The molecule has 0 saturated carbocycles. The minimum Gasteiger partial charge on any atom is -0.326 e. The van der Waals surface area contributed by atoms with Crippen LogP contribution in [0.1, 0.15) is 16.8 Å². The van der Waals surface area contributed by atoms with Gasteiger partial charge in [-0.15, -0.1) is 0 Å². The Morgan fingerprint density at radius 1 is 0.958 bits per heavy atom. The zero-order valence-corrected chi connectivity index (χ0v) is 15.8. The fourth-order valence-electron chi connectivity index (χ4n) is 1.83. The molecule has 0 atom stereocenters. The van der Waals surface area contributed by atoms with E-state index >= 15 is 0 Å². The first-order chi connectivity index (χ1) is 11.5. The molecule has 0 unspecified atom stereocenters. The van der Waals surface area contributed by atoms with Crippen LogP contribution in [0, 0.1) is 0 Å². The van der Waals surface area contributed by atoms with E-state index in [0.717, 1.165) is 4.47 Å². The van der Waals surface area contributed by atoms with Crippen molar-refractivity contribution in [2.45, 2.75) is 6.42 Å². The molecule has 0 bridgehead atoms. The highest BCUT2D eigenvalue weighted by atomic mass is 79.9. The van der Waals surface area contributed by atoms with Gasteiger partial charge in [-0.1, -0.05) is 34.6 Å². The number of amides is 2. The number of carbonyl (C=O) groups excluding carboxylic acids is 2. The summed E-state index contributed by atoms with van der Waals surface area (Å²) in [6, 6.07) is 14.3. The average molecular weight is 453 g/mol. The van der Waals surface area contributed by atoms with E-state index in [0.29, 0.717) is 21.4 Å². The molecule has 7 heteroatoms. The number of nitrogens with one attached hydrogen (secondary N) is 3. The van der Waals surface area contributed by atoms with Crippen molar-refractivity contribution < 1.29 is 9.59 Å². The van der Waals surface area contributed by atoms with Gasteiger partial charge in [-0.3, -0.25) is 15.0 Å². The number of hydrazine groups is 1. The molecule has 2 amide bonds. The summed E-state index contributed by atoms with van der Waals surface area (Å²) in [6.45, 7) is 3.73. The van der Waals surface area contributed by atoms with Gasteiger partial charge >= 0.3 is 0 Å². The fourth-order valence-corrected chi connectivity index (χ4v) is 2.56. The molecule has 2 aromatic carbocycles. The van der Waals surface area contributed by atoms with Crippen molar-refractivity contribution in [2.75, 3.05) is 5.32 Å². The summed E-state index contributed by atoms with van der Waals surface area (Å²) < 4.78 is 1.62. The standard InChI is InChI=1S/C17H15Br2N3O2/c1-11(10-16(23)20-13-8-6-12(18)7-9-13)21-22-17(24)14-4-2-3-5-15(14)19/h2-9,21H,1,10H2,(H,20,23)(H,22,24). The van der Waals surface area contributed by atoms with E-state index in [4.69, 9.17) is 0 Å². The topological polar surface area (TPSA) is 70.2 Å². The third-order valence-corrected chi connectivity index (χ3v) is 4.19. The van der Waals surface area contributed by atoms with E-state index in [2.05, 4.69) is 54.6 Å². The fraction of sp³-hybridized carbons (Fsp3) is 0.0588. The summed E-state index contributed by atoms with van der Waals surface area (Å²) in [5.41, 5.74) is 6.71. The Kier molecular flexibility index (Phi) is 6.57. The predicted octanol–water partition coefficient (Wildman–Crippen LogP) is 3.99. The van der Waals surface area contributed by atoms with Gasteiger partial charge in [-0.2, -0.15) is 0 Å². The lowest BCUT2D eigenvalue weighted by Gasteiger charge is -2.12. The second-order valence-corrected chi connectivity index (χ2v) is 6.66. The molecule has 0 radical (unpaired) electrons. The lowest BCUT2D eigenvalue weighted by atomic mass is 10.2. The molecule has 5 nitrogen and oxygen atoms in total. The molecule has 3 N–H and O–H groups in total. The highest BCUT2D eigenvalue weighted by molar-refractivity contribution is 9.10. The van der Waals surface area contributed by atoms with Crippen molar-refractivity contribution in [1.29, 1.82) is 0 Å². The molecule has 0 aliphatic carbocycles. The minimum atomic E-state index is -0.322. The van der Waals surface area contributed by atoms with E-state index in [9.17, 15) is 9.59 Å². The molecule has 124 valence electrons. The maximum absolute atomic E-state index is 12.0. The molecule has 0 fully saturated rings. The third kappa shape index (κ3) is 5.50. The third-order valence-electron chi connectivity index (χ3n) is 2.97. The monoisotopic (exact) mass is 451 g/mol. The molecule has 24 heavy (non-hydrogen) atoms.